The minimum absolute atomic E-state index is 0.316. The molecule has 0 saturated carbocycles. The van der Waals surface area contributed by atoms with Gasteiger partial charge in [-0.2, -0.15) is 0 Å². The van der Waals surface area contributed by atoms with E-state index in [0.29, 0.717) is 12.1 Å². The summed E-state index contributed by atoms with van der Waals surface area (Å²) in [4.78, 5) is 4.06. The lowest BCUT2D eigenvalue weighted by Crippen LogP contribution is -2.24. The molecule has 0 fully saturated rings. The van der Waals surface area contributed by atoms with Gasteiger partial charge in [0.05, 0.1) is 0 Å². The first-order valence-electron chi connectivity index (χ1n) is 6.62. The third-order valence-electron chi connectivity index (χ3n) is 3.34. The zero-order chi connectivity index (χ0) is 13.7. The van der Waals surface area contributed by atoms with Gasteiger partial charge in [0.1, 0.15) is 0 Å². The van der Waals surface area contributed by atoms with E-state index in [9.17, 15) is 0 Å². The molecule has 2 nitrogen and oxygen atoms in total. The maximum Gasteiger partial charge on any atom is 0.0323 e. The zero-order valence-electron chi connectivity index (χ0n) is 11.3. The van der Waals surface area contributed by atoms with Crippen LogP contribution in [0.5, 0.6) is 0 Å². The highest BCUT2D eigenvalue weighted by molar-refractivity contribution is 9.10. The molecule has 0 aliphatic carbocycles. The molecule has 19 heavy (non-hydrogen) atoms. The molecular weight excluding hydrogens is 300 g/mol. The largest absolute Gasteiger partial charge is 0.303 e. The first-order valence-corrected chi connectivity index (χ1v) is 7.41. The number of nitrogens with zero attached hydrogens (tertiary/aromatic N) is 1. The smallest absolute Gasteiger partial charge is 0.0323 e. The summed E-state index contributed by atoms with van der Waals surface area (Å²) < 4.78 is 1.12. The van der Waals surface area contributed by atoms with Crippen LogP contribution < -0.4 is 5.32 Å². The Balaban J connectivity index is 2.09. The van der Waals surface area contributed by atoms with Gasteiger partial charge in [-0.25, -0.2) is 0 Å². The summed E-state index contributed by atoms with van der Waals surface area (Å²) >= 11 is 3.48. The van der Waals surface area contributed by atoms with Gasteiger partial charge in [-0.05, 0) is 48.7 Å². The highest BCUT2D eigenvalue weighted by atomic mass is 79.9. The van der Waals surface area contributed by atoms with Crippen molar-refractivity contribution in [3.63, 3.8) is 0 Å². The van der Waals surface area contributed by atoms with E-state index in [-0.39, 0.29) is 0 Å². The Bertz CT molecular complexity index is 496. The Morgan fingerprint density at radius 3 is 2.26 bits per heavy atom. The van der Waals surface area contributed by atoms with Crippen LogP contribution in [0.15, 0.2) is 53.3 Å². The van der Waals surface area contributed by atoms with Crippen LogP contribution >= 0.6 is 15.9 Å². The van der Waals surface area contributed by atoms with Crippen molar-refractivity contribution in [2.75, 3.05) is 0 Å². The molecule has 1 heterocycles. The van der Waals surface area contributed by atoms with Crippen LogP contribution in [0, 0.1) is 0 Å². The average Bonchev–Trinajstić information content (AvgIpc) is 2.46. The second-order valence-corrected chi connectivity index (χ2v) is 5.60. The van der Waals surface area contributed by atoms with Crippen LogP contribution in [0.3, 0.4) is 0 Å². The molecule has 100 valence electrons. The van der Waals surface area contributed by atoms with Crippen LogP contribution in [0.4, 0.5) is 0 Å². The van der Waals surface area contributed by atoms with E-state index in [2.05, 4.69) is 76.5 Å². The van der Waals surface area contributed by atoms with E-state index >= 15 is 0 Å². The number of benzene rings is 1. The Morgan fingerprint density at radius 1 is 1.05 bits per heavy atom. The van der Waals surface area contributed by atoms with Gasteiger partial charge in [-0.15, -0.1) is 0 Å². The third-order valence-corrected chi connectivity index (χ3v) is 3.87. The Kier molecular flexibility index (Phi) is 5.11. The molecule has 0 amide bonds. The van der Waals surface area contributed by atoms with Crippen LogP contribution in [-0.2, 0) is 0 Å². The maximum absolute atomic E-state index is 4.06. The standard InChI is InChI=1S/C16H19BrN2/c1-3-16(14-4-6-15(17)7-5-14)19-12(2)13-8-10-18-11-9-13/h4-12,16,19H,3H2,1-2H3. The van der Waals surface area contributed by atoms with Crippen molar-refractivity contribution in [3.05, 3.63) is 64.4 Å². The van der Waals surface area contributed by atoms with E-state index < -0.39 is 0 Å². The van der Waals surface area contributed by atoms with Crippen molar-refractivity contribution in [1.82, 2.24) is 10.3 Å². The SMILES string of the molecule is CCC(NC(C)c1ccncc1)c1ccc(Br)cc1. The predicted octanol–water partition coefficient (Wildman–Crippen LogP) is 4.65. The lowest BCUT2D eigenvalue weighted by atomic mass is 10.0. The third kappa shape index (κ3) is 3.88. The molecule has 0 bridgehead atoms. The molecule has 1 aromatic carbocycles. The molecule has 0 aliphatic heterocycles. The quantitative estimate of drug-likeness (QED) is 0.868. The first kappa shape index (κ1) is 14.2. The summed E-state index contributed by atoms with van der Waals surface area (Å²) in [6.45, 7) is 4.40. The van der Waals surface area contributed by atoms with Gasteiger partial charge >= 0.3 is 0 Å². The van der Waals surface area contributed by atoms with Crippen molar-refractivity contribution in [2.24, 2.45) is 0 Å². The van der Waals surface area contributed by atoms with Crippen LogP contribution in [-0.4, -0.2) is 4.98 Å². The summed E-state index contributed by atoms with van der Waals surface area (Å²) in [7, 11) is 0. The van der Waals surface area contributed by atoms with E-state index in [1.54, 1.807) is 0 Å². The fourth-order valence-corrected chi connectivity index (χ4v) is 2.46. The summed E-state index contributed by atoms with van der Waals surface area (Å²) in [5, 5.41) is 3.68. The molecule has 0 radical (unpaired) electrons. The molecule has 3 heteroatoms. The lowest BCUT2D eigenvalue weighted by Gasteiger charge is -2.23. The number of pyridine rings is 1. The lowest BCUT2D eigenvalue weighted by molar-refractivity contribution is 0.456. The molecule has 0 spiro atoms. The monoisotopic (exact) mass is 318 g/mol. The first-order chi connectivity index (χ1) is 9.20. The van der Waals surface area contributed by atoms with Crippen molar-refractivity contribution in [1.29, 1.82) is 0 Å². The minimum atomic E-state index is 0.316. The highest BCUT2D eigenvalue weighted by Crippen LogP contribution is 2.23. The second-order valence-electron chi connectivity index (χ2n) is 4.68. The molecule has 0 aliphatic rings. The molecule has 2 rings (SSSR count). The van der Waals surface area contributed by atoms with E-state index in [1.807, 2.05) is 12.4 Å². The van der Waals surface area contributed by atoms with Gasteiger partial charge in [0.2, 0.25) is 0 Å². The summed E-state index contributed by atoms with van der Waals surface area (Å²) in [6, 6.07) is 13.3. The normalized spacial score (nSPS) is 14.1. The second kappa shape index (κ2) is 6.83. The number of hydrogen-bond acceptors (Lipinski definition) is 2. The molecular formula is C16H19BrN2. The molecule has 2 aromatic rings. The Hall–Kier alpha value is -1.19. The van der Waals surface area contributed by atoms with E-state index in [4.69, 9.17) is 0 Å². The molecule has 1 N–H and O–H groups in total. The molecule has 0 saturated heterocycles. The van der Waals surface area contributed by atoms with Gasteiger partial charge < -0.3 is 5.32 Å². The summed E-state index contributed by atoms with van der Waals surface area (Å²) in [5.74, 6) is 0. The van der Waals surface area contributed by atoms with Crippen LogP contribution in [0.25, 0.3) is 0 Å². The summed E-state index contributed by atoms with van der Waals surface area (Å²) in [5.41, 5.74) is 2.59. The van der Waals surface area contributed by atoms with Crippen LogP contribution in [0.2, 0.25) is 0 Å². The zero-order valence-corrected chi connectivity index (χ0v) is 12.9. The number of halogens is 1. The minimum Gasteiger partial charge on any atom is -0.303 e. The van der Waals surface area contributed by atoms with Gasteiger partial charge in [0.15, 0.2) is 0 Å². The van der Waals surface area contributed by atoms with Gasteiger partial charge in [-0.1, -0.05) is 35.0 Å². The molecule has 1 aromatic heterocycles. The van der Waals surface area contributed by atoms with Gasteiger partial charge in [0, 0.05) is 29.0 Å². The van der Waals surface area contributed by atoms with Crippen molar-refractivity contribution in [3.8, 4) is 0 Å². The Morgan fingerprint density at radius 2 is 1.68 bits per heavy atom. The van der Waals surface area contributed by atoms with Crippen molar-refractivity contribution < 1.29 is 0 Å². The highest BCUT2D eigenvalue weighted by Gasteiger charge is 2.13. The molecule has 2 atom stereocenters. The average molecular weight is 319 g/mol. The van der Waals surface area contributed by atoms with Gasteiger partial charge in [-0.3, -0.25) is 4.98 Å². The summed E-state index contributed by atoms with van der Waals surface area (Å²) in [6.07, 6.45) is 4.75. The van der Waals surface area contributed by atoms with Gasteiger partial charge in [0.25, 0.3) is 0 Å². The van der Waals surface area contributed by atoms with Crippen molar-refractivity contribution in [2.45, 2.75) is 32.4 Å². The number of aromatic nitrogens is 1. The topological polar surface area (TPSA) is 24.9 Å². The van der Waals surface area contributed by atoms with Crippen LogP contribution in [0.1, 0.15) is 43.5 Å². The predicted molar refractivity (Wildman–Crippen MR) is 83.0 cm³/mol. The number of nitrogens with one attached hydrogen (secondary N) is 1. The number of rotatable bonds is 5. The maximum atomic E-state index is 4.06. The van der Waals surface area contributed by atoms with E-state index in [1.165, 1.54) is 11.1 Å². The van der Waals surface area contributed by atoms with Crippen molar-refractivity contribution >= 4 is 15.9 Å². The number of hydrogen-bond donors (Lipinski definition) is 1. The fourth-order valence-electron chi connectivity index (χ4n) is 2.19. The molecule has 2 unspecified atom stereocenters. The Labute approximate surface area is 123 Å². The fraction of sp³-hybridized carbons (Fsp3) is 0.312. The van der Waals surface area contributed by atoms with E-state index in [0.717, 1.165) is 10.9 Å².